The van der Waals surface area contributed by atoms with E-state index < -0.39 is 6.10 Å². The Balaban J connectivity index is 2.08. The summed E-state index contributed by atoms with van der Waals surface area (Å²) in [5.74, 6) is 0.721. The monoisotopic (exact) mass is 281 g/mol. The molecule has 20 heavy (non-hydrogen) atoms. The number of hydrogen-bond acceptors (Lipinski definition) is 4. The molecule has 1 atom stereocenters. The van der Waals surface area contributed by atoms with Gasteiger partial charge >= 0.3 is 0 Å². The second-order valence-electron chi connectivity index (χ2n) is 4.68. The zero-order valence-corrected chi connectivity index (χ0v) is 12.1. The smallest absolute Gasteiger partial charge is 0.220 e. The lowest BCUT2D eigenvalue weighted by Gasteiger charge is -2.11. The van der Waals surface area contributed by atoms with Gasteiger partial charge < -0.3 is 19.9 Å². The summed E-state index contributed by atoms with van der Waals surface area (Å²) in [6.07, 6.45) is 0.360. The maximum Gasteiger partial charge on any atom is 0.220 e. The number of ether oxygens (including phenoxy) is 2. The van der Waals surface area contributed by atoms with Gasteiger partial charge in [0.2, 0.25) is 5.91 Å². The van der Waals surface area contributed by atoms with E-state index in [1.54, 1.807) is 0 Å². The van der Waals surface area contributed by atoms with Crippen molar-refractivity contribution >= 4 is 5.91 Å². The van der Waals surface area contributed by atoms with Gasteiger partial charge in [0, 0.05) is 20.1 Å². The largest absolute Gasteiger partial charge is 0.494 e. The zero-order valence-electron chi connectivity index (χ0n) is 12.1. The molecule has 0 spiro atoms. The average Bonchev–Trinajstić information content (AvgIpc) is 2.43. The van der Waals surface area contributed by atoms with Crippen LogP contribution in [0.1, 0.15) is 18.4 Å². The van der Waals surface area contributed by atoms with Crippen molar-refractivity contribution in [2.75, 3.05) is 26.9 Å². The van der Waals surface area contributed by atoms with Crippen molar-refractivity contribution in [1.29, 1.82) is 0 Å². The molecule has 5 heteroatoms. The highest BCUT2D eigenvalue weighted by Gasteiger charge is 2.06. The highest BCUT2D eigenvalue weighted by atomic mass is 16.5. The van der Waals surface area contributed by atoms with Crippen LogP contribution in [0.4, 0.5) is 0 Å². The fourth-order valence-corrected chi connectivity index (χ4v) is 1.63. The Morgan fingerprint density at radius 2 is 2.05 bits per heavy atom. The molecule has 0 fully saturated rings. The van der Waals surface area contributed by atoms with Gasteiger partial charge in [-0.3, -0.25) is 4.79 Å². The summed E-state index contributed by atoms with van der Waals surface area (Å²) in [4.78, 5) is 11.5. The fourth-order valence-electron chi connectivity index (χ4n) is 1.63. The van der Waals surface area contributed by atoms with Crippen molar-refractivity contribution < 1.29 is 19.4 Å². The number of carbonyl (C=O) groups excluding carboxylic acids is 1. The Morgan fingerprint density at radius 3 is 2.70 bits per heavy atom. The molecule has 0 heterocycles. The number of nitrogens with one attached hydrogen (secondary N) is 1. The van der Waals surface area contributed by atoms with E-state index in [2.05, 4.69) is 5.32 Å². The lowest BCUT2D eigenvalue weighted by molar-refractivity contribution is -0.121. The van der Waals surface area contributed by atoms with Gasteiger partial charge in [-0.1, -0.05) is 17.7 Å². The molecule has 112 valence electrons. The molecule has 1 aromatic rings. The first-order valence-corrected chi connectivity index (χ1v) is 6.75. The first-order valence-electron chi connectivity index (χ1n) is 6.75. The lowest BCUT2D eigenvalue weighted by Crippen LogP contribution is -2.34. The van der Waals surface area contributed by atoms with E-state index in [0.29, 0.717) is 19.4 Å². The maximum atomic E-state index is 11.5. The standard InChI is InChI=1S/C15H23NO4/c1-12-5-7-14(8-6-12)20-9-3-4-15(18)16-10-13(17)11-19-2/h5-8,13,17H,3-4,9-11H2,1-2H3,(H,16,18). The van der Waals surface area contributed by atoms with Crippen LogP contribution < -0.4 is 10.1 Å². The van der Waals surface area contributed by atoms with Gasteiger partial charge in [0.05, 0.1) is 19.3 Å². The minimum atomic E-state index is -0.659. The van der Waals surface area contributed by atoms with Gasteiger partial charge in [0.25, 0.3) is 0 Å². The first-order chi connectivity index (χ1) is 9.61. The summed E-state index contributed by atoms with van der Waals surface area (Å²) in [5, 5.41) is 12.0. The summed E-state index contributed by atoms with van der Waals surface area (Å²) in [6, 6.07) is 7.80. The van der Waals surface area contributed by atoms with Gasteiger partial charge in [0.15, 0.2) is 0 Å². The van der Waals surface area contributed by atoms with Crippen molar-refractivity contribution in [1.82, 2.24) is 5.32 Å². The number of rotatable bonds is 9. The van der Waals surface area contributed by atoms with Crippen molar-refractivity contribution in [3.8, 4) is 5.75 Å². The minimum Gasteiger partial charge on any atom is -0.494 e. The number of aliphatic hydroxyl groups excluding tert-OH is 1. The fraction of sp³-hybridized carbons (Fsp3) is 0.533. The van der Waals surface area contributed by atoms with Crippen molar-refractivity contribution in [2.45, 2.75) is 25.9 Å². The van der Waals surface area contributed by atoms with E-state index in [4.69, 9.17) is 9.47 Å². The number of benzene rings is 1. The van der Waals surface area contributed by atoms with Crippen LogP contribution in [-0.2, 0) is 9.53 Å². The number of hydrogen-bond donors (Lipinski definition) is 2. The summed E-state index contributed by atoms with van der Waals surface area (Å²) in [6.45, 7) is 2.95. The predicted octanol–water partition coefficient (Wildman–Crippen LogP) is 1.28. The quantitative estimate of drug-likeness (QED) is 0.669. The Labute approximate surface area is 119 Å². The molecule has 0 saturated carbocycles. The third-order valence-corrected chi connectivity index (χ3v) is 2.73. The van der Waals surface area contributed by atoms with Crippen LogP contribution in [-0.4, -0.2) is 44.0 Å². The van der Waals surface area contributed by atoms with E-state index in [1.807, 2.05) is 31.2 Å². The molecule has 1 rings (SSSR count). The number of methoxy groups -OCH3 is 1. The van der Waals surface area contributed by atoms with E-state index in [0.717, 1.165) is 5.75 Å². The molecule has 0 aliphatic heterocycles. The molecule has 0 saturated heterocycles. The van der Waals surface area contributed by atoms with E-state index in [1.165, 1.54) is 12.7 Å². The molecule has 2 N–H and O–H groups in total. The van der Waals surface area contributed by atoms with Crippen LogP contribution in [0.5, 0.6) is 5.75 Å². The van der Waals surface area contributed by atoms with Crippen LogP contribution in [0.3, 0.4) is 0 Å². The summed E-state index contributed by atoms with van der Waals surface area (Å²) < 4.78 is 10.3. The van der Waals surface area contributed by atoms with Crippen LogP contribution in [0, 0.1) is 6.92 Å². The molecule has 0 aromatic heterocycles. The summed E-state index contributed by atoms with van der Waals surface area (Å²) >= 11 is 0. The van der Waals surface area contributed by atoms with Crippen LogP contribution in [0.15, 0.2) is 24.3 Å². The minimum absolute atomic E-state index is 0.0901. The molecule has 0 aliphatic carbocycles. The summed E-state index contributed by atoms with van der Waals surface area (Å²) in [5.41, 5.74) is 1.19. The highest BCUT2D eigenvalue weighted by Crippen LogP contribution is 2.11. The molecule has 0 bridgehead atoms. The third-order valence-electron chi connectivity index (χ3n) is 2.73. The summed E-state index contributed by atoms with van der Waals surface area (Å²) in [7, 11) is 1.51. The van der Waals surface area contributed by atoms with Gasteiger partial charge in [-0.15, -0.1) is 0 Å². The Kier molecular flexibility index (Phi) is 7.69. The van der Waals surface area contributed by atoms with Crippen LogP contribution >= 0.6 is 0 Å². The van der Waals surface area contributed by atoms with Crippen molar-refractivity contribution in [3.63, 3.8) is 0 Å². The highest BCUT2D eigenvalue weighted by molar-refractivity contribution is 5.75. The molecule has 1 aromatic carbocycles. The average molecular weight is 281 g/mol. The maximum absolute atomic E-state index is 11.5. The molecule has 1 unspecified atom stereocenters. The first kappa shape index (κ1) is 16.5. The normalized spacial score (nSPS) is 11.9. The third kappa shape index (κ3) is 7.11. The van der Waals surface area contributed by atoms with E-state index >= 15 is 0 Å². The number of carbonyl (C=O) groups is 1. The van der Waals surface area contributed by atoms with Crippen molar-refractivity contribution in [3.05, 3.63) is 29.8 Å². The molecule has 5 nitrogen and oxygen atoms in total. The second-order valence-corrected chi connectivity index (χ2v) is 4.68. The second kappa shape index (κ2) is 9.34. The Morgan fingerprint density at radius 1 is 1.35 bits per heavy atom. The topological polar surface area (TPSA) is 67.8 Å². The molecular weight excluding hydrogens is 258 g/mol. The molecular formula is C15H23NO4. The van der Waals surface area contributed by atoms with Gasteiger partial charge in [-0.2, -0.15) is 0 Å². The van der Waals surface area contributed by atoms with Crippen LogP contribution in [0.25, 0.3) is 0 Å². The van der Waals surface area contributed by atoms with E-state index in [9.17, 15) is 9.90 Å². The zero-order chi connectivity index (χ0) is 14.8. The Hall–Kier alpha value is -1.59. The number of amides is 1. The number of aliphatic hydroxyl groups is 1. The number of aryl methyl sites for hydroxylation is 1. The SMILES string of the molecule is COCC(O)CNC(=O)CCCOc1ccc(C)cc1. The van der Waals surface area contributed by atoms with Gasteiger partial charge in [-0.25, -0.2) is 0 Å². The molecule has 0 radical (unpaired) electrons. The van der Waals surface area contributed by atoms with Crippen molar-refractivity contribution in [2.24, 2.45) is 0 Å². The van der Waals surface area contributed by atoms with Crippen LogP contribution in [0.2, 0.25) is 0 Å². The Bertz CT molecular complexity index is 391. The molecule has 1 amide bonds. The predicted molar refractivity (Wildman–Crippen MR) is 76.8 cm³/mol. The molecule has 0 aliphatic rings. The van der Waals surface area contributed by atoms with Gasteiger partial charge in [-0.05, 0) is 25.5 Å². The lowest BCUT2D eigenvalue weighted by atomic mass is 10.2. The van der Waals surface area contributed by atoms with Gasteiger partial charge in [0.1, 0.15) is 5.75 Å². The van der Waals surface area contributed by atoms with E-state index in [-0.39, 0.29) is 19.1 Å².